The fourth-order valence-electron chi connectivity index (χ4n) is 2.45. The molecule has 5 nitrogen and oxygen atoms in total. The summed E-state index contributed by atoms with van der Waals surface area (Å²) < 4.78 is 25.5. The molecule has 0 aliphatic rings. The monoisotopic (exact) mass is 392 g/mol. The van der Waals surface area contributed by atoms with Gasteiger partial charge in [-0.2, -0.15) is 0 Å². The molecule has 7 heteroatoms. The molecule has 26 heavy (non-hydrogen) atoms. The second kappa shape index (κ2) is 9.09. The number of benzene rings is 2. The summed E-state index contributed by atoms with van der Waals surface area (Å²) >= 11 is 1.64. The third-order valence-corrected chi connectivity index (χ3v) is 6.11. The maximum atomic E-state index is 12.3. The van der Waals surface area contributed by atoms with Crippen molar-refractivity contribution < 1.29 is 13.2 Å². The highest BCUT2D eigenvalue weighted by Crippen LogP contribution is 2.24. The van der Waals surface area contributed by atoms with Crippen LogP contribution in [0.4, 0.5) is 5.69 Å². The lowest BCUT2D eigenvalue weighted by atomic mass is 10.1. The zero-order chi connectivity index (χ0) is 19.2. The first-order chi connectivity index (χ1) is 12.3. The van der Waals surface area contributed by atoms with Gasteiger partial charge in [-0.25, -0.2) is 8.42 Å². The fraction of sp³-hybridized carbons (Fsp3) is 0.316. The van der Waals surface area contributed by atoms with Crippen LogP contribution in [0.5, 0.6) is 0 Å². The molecule has 0 aliphatic heterocycles. The number of nitrogens with one attached hydrogen (secondary N) is 1. The van der Waals surface area contributed by atoms with Gasteiger partial charge in [-0.15, -0.1) is 11.8 Å². The summed E-state index contributed by atoms with van der Waals surface area (Å²) in [6.45, 7) is 4.03. The summed E-state index contributed by atoms with van der Waals surface area (Å²) in [6.07, 6.45) is 1.12. The Labute approximate surface area is 159 Å². The Hall–Kier alpha value is -1.99. The van der Waals surface area contributed by atoms with E-state index in [0.29, 0.717) is 12.2 Å². The molecule has 0 saturated carbocycles. The third kappa shape index (κ3) is 5.78. The fourth-order valence-corrected chi connectivity index (χ4v) is 4.15. The predicted octanol–water partition coefficient (Wildman–Crippen LogP) is 2.98. The summed E-state index contributed by atoms with van der Waals surface area (Å²) in [5.41, 5.74) is 2.38. The van der Waals surface area contributed by atoms with E-state index >= 15 is 0 Å². The minimum Gasteiger partial charge on any atom is -0.354 e. The number of rotatable bonds is 8. The lowest BCUT2D eigenvalue weighted by molar-refractivity contribution is -0.119. The number of aryl methyl sites for hydroxylation is 1. The highest BCUT2D eigenvalue weighted by molar-refractivity contribution is 7.99. The average molecular weight is 393 g/mol. The molecule has 0 spiro atoms. The second-order valence-corrected chi connectivity index (χ2v) is 9.08. The van der Waals surface area contributed by atoms with Crippen molar-refractivity contribution in [1.82, 2.24) is 5.32 Å². The SMILES string of the molecule is Cc1cccc(N(CC(=O)NCCSc2ccccc2)S(C)(=O)=O)c1C. The Balaban J connectivity index is 1.96. The zero-order valence-electron chi connectivity index (χ0n) is 15.2. The molecular weight excluding hydrogens is 368 g/mol. The average Bonchev–Trinajstić information content (AvgIpc) is 2.59. The van der Waals surface area contributed by atoms with Crippen molar-refractivity contribution >= 4 is 33.4 Å². The third-order valence-electron chi connectivity index (χ3n) is 3.97. The van der Waals surface area contributed by atoms with Crippen molar-refractivity contribution in [2.45, 2.75) is 18.7 Å². The van der Waals surface area contributed by atoms with Gasteiger partial charge in [0, 0.05) is 17.2 Å². The molecule has 0 heterocycles. The smallest absolute Gasteiger partial charge is 0.240 e. The number of hydrogen-bond donors (Lipinski definition) is 1. The normalized spacial score (nSPS) is 11.2. The van der Waals surface area contributed by atoms with E-state index in [1.54, 1.807) is 23.9 Å². The predicted molar refractivity (Wildman–Crippen MR) is 108 cm³/mol. The molecular formula is C19H24N2O3S2. The Morgan fingerprint density at radius 2 is 1.77 bits per heavy atom. The maximum Gasteiger partial charge on any atom is 0.240 e. The topological polar surface area (TPSA) is 66.5 Å². The number of hydrogen-bond acceptors (Lipinski definition) is 4. The van der Waals surface area contributed by atoms with Gasteiger partial charge in [0.2, 0.25) is 15.9 Å². The van der Waals surface area contributed by atoms with Gasteiger partial charge >= 0.3 is 0 Å². The van der Waals surface area contributed by atoms with Gasteiger partial charge in [-0.1, -0.05) is 30.3 Å². The Morgan fingerprint density at radius 3 is 2.42 bits per heavy atom. The molecule has 1 amide bonds. The van der Waals surface area contributed by atoms with E-state index < -0.39 is 10.0 Å². The number of nitrogens with zero attached hydrogens (tertiary/aromatic N) is 1. The minimum atomic E-state index is -3.56. The molecule has 2 aromatic carbocycles. The van der Waals surface area contributed by atoms with Crippen molar-refractivity contribution in [1.29, 1.82) is 0 Å². The van der Waals surface area contributed by atoms with Gasteiger partial charge in [-0.05, 0) is 43.2 Å². The number of anilines is 1. The lowest BCUT2D eigenvalue weighted by Gasteiger charge is -2.24. The van der Waals surface area contributed by atoms with E-state index in [-0.39, 0.29) is 12.5 Å². The first-order valence-electron chi connectivity index (χ1n) is 8.27. The van der Waals surface area contributed by atoms with E-state index in [4.69, 9.17) is 0 Å². The van der Waals surface area contributed by atoms with Crippen LogP contribution < -0.4 is 9.62 Å². The van der Waals surface area contributed by atoms with Gasteiger partial charge in [0.1, 0.15) is 6.54 Å². The number of carbonyl (C=O) groups excluding carboxylic acids is 1. The van der Waals surface area contributed by atoms with Crippen molar-refractivity contribution in [3.8, 4) is 0 Å². The van der Waals surface area contributed by atoms with Crippen LogP contribution in [0.15, 0.2) is 53.4 Å². The van der Waals surface area contributed by atoms with Crippen molar-refractivity contribution in [2.75, 3.05) is 29.4 Å². The molecule has 140 valence electrons. The van der Waals surface area contributed by atoms with Gasteiger partial charge in [-0.3, -0.25) is 9.10 Å². The molecule has 0 fully saturated rings. The molecule has 0 bridgehead atoms. The van der Waals surface area contributed by atoms with Gasteiger partial charge < -0.3 is 5.32 Å². The summed E-state index contributed by atoms with van der Waals surface area (Å²) in [4.78, 5) is 13.4. The highest BCUT2D eigenvalue weighted by atomic mass is 32.2. The summed E-state index contributed by atoms with van der Waals surface area (Å²) in [5, 5.41) is 2.79. The van der Waals surface area contributed by atoms with E-state index in [0.717, 1.165) is 32.3 Å². The van der Waals surface area contributed by atoms with E-state index in [1.807, 2.05) is 50.2 Å². The summed E-state index contributed by atoms with van der Waals surface area (Å²) in [7, 11) is -3.56. The molecule has 2 rings (SSSR count). The minimum absolute atomic E-state index is 0.223. The van der Waals surface area contributed by atoms with E-state index in [2.05, 4.69) is 5.32 Å². The lowest BCUT2D eigenvalue weighted by Crippen LogP contribution is -2.41. The number of carbonyl (C=O) groups is 1. The summed E-state index contributed by atoms with van der Waals surface area (Å²) in [5.74, 6) is 0.406. The maximum absolute atomic E-state index is 12.3. The van der Waals surface area contributed by atoms with Gasteiger partial charge in [0.25, 0.3) is 0 Å². The van der Waals surface area contributed by atoms with Gasteiger partial charge in [0.15, 0.2) is 0 Å². The Morgan fingerprint density at radius 1 is 1.08 bits per heavy atom. The van der Waals surface area contributed by atoms with Crippen molar-refractivity contribution in [3.63, 3.8) is 0 Å². The molecule has 0 radical (unpaired) electrons. The first kappa shape index (κ1) is 20.3. The van der Waals surface area contributed by atoms with Crippen LogP contribution in [0.25, 0.3) is 0 Å². The number of sulfonamides is 1. The van der Waals surface area contributed by atoms with Crippen molar-refractivity contribution in [2.24, 2.45) is 0 Å². The number of amides is 1. The van der Waals surface area contributed by atoms with Crippen LogP contribution in [-0.2, 0) is 14.8 Å². The standard InChI is InChI=1S/C19H24N2O3S2/c1-15-8-7-11-18(16(15)2)21(26(3,23)24)14-19(22)20-12-13-25-17-9-5-4-6-10-17/h4-11H,12-14H2,1-3H3,(H,20,22). The Bertz CT molecular complexity index is 852. The Kier molecular flexibility index (Phi) is 7.11. The molecule has 0 unspecified atom stereocenters. The first-order valence-corrected chi connectivity index (χ1v) is 11.1. The molecule has 0 atom stereocenters. The van der Waals surface area contributed by atoms with Crippen LogP contribution in [0.1, 0.15) is 11.1 Å². The second-order valence-electron chi connectivity index (χ2n) is 6.00. The number of thioether (sulfide) groups is 1. The van der Waals surface area contributed by atoms with Crippen LogP contribution in [0, 0.1) is 13.8 Å². The van der Waals surface area contributed by atoms with Crippen molar-refractivity contribution in [3.05, 3.63) is 59.7 Å². The van der Waals surface area contributed by atoms with Crippen LogP contribution in [0.3, 0.4) is 0 Å². The quantitative estimate of drug-likeness (QED) is 0.554. The molecule has 0 aliphatic carbocycles. The molecule has 0 aromatic heterocycles. The van der Waals surface area contributed by atoms with Crippen LogP contribution in [0.2, 0.25) is 0 Å². The van der Waals surface area contributed by atoms with Crippen LogP contribution in [-0.4, -0.2) is 39.4 Å². The molecule has 2 aromatic rings. The van der Waals surface area contributed by atoms with E-state index in [9.17, 15) is 13.2 Å². The van der Waals surface area contributed by atoms with Gasteiger partial charge in [0.05, 0.1) is 11.9 Å². The van der Waals surface area contributed by atoms with Crippen LogP contribution >= 0.6 is 11.8 Å². The highest BCUT2D eigenvalue weighted by Gasteiger charge is 2.22. The largest absolute Gasteiger partial charge is 0.354 e. The zero-order valence-corrected chi connectivity index (χ0v) is 16.9. The van der Waals surface area contributed by atoms with E-state index in [1.165, 1.54) is 0 Å². The molecule has 1 N–H and O–H groups in total. The molecule has 0 saturated heterocycles. The summed E-state index contributed by atoms with van der Waals surface area (Å²) in [6, 6.07) is 15.4.